The maximum atomic E-state index is 11.5. The maximum Gasteiger partial charge on any atom is 0.412 e. The second-order valence-corrected chi connectivity index (χ2v) is 7.37. The van der Waals surface area contributed by atoms with Crippen LogP contribution in [0.3, 0.4) is 0 Å². The SMILES string of the molecule is CCSSc1ccccc1N(C(=O)O)C(C)(C)C. The first kappa shape index (κ1) is 15.2. The second kappa shape index (κ2) is 6.38. The molecule has 0 fully saturated rings. The van der Waals surface area contributed by atoms with Crippen LogP contribution >= 0.6 is 21.6 Å². The lowest BCUT2D eigenvalue weighted by atomic mass is 10.1. The van der Waals surface area contributed by atoms with Crippen molar-refractivity contribution in [3.63, 3.8) is 0 Å². The van der Waals surface area contributed by atoms with Gasteiger partial charge in [0.25, 0.3) is 0 Å². The summed E-state index contributed by atoms with van der Waals surface area (Å²) in [6.07, 6.45) is -0.919. The zero-order valence-electron chi connectivity index (χ0n) is 11.1. The van der Waals surface area contributed by atoms with Crippen molar-refractivity contribution in [3.8, 4) is 0 Å². The highest BCUT2D eigenvalue weighted by Crippen LogP contribution is 2.39. The number of carbonyl (C=O) groups is 1. The Kier molecular flexibility index (Phi) is 5.41. The first-order valence-corrected chi connectivity index (χ1v) is 8.11. The Labute approximate surface area is 116 Å². The van der Waals surface area contributed by atoms with Crippen LogP contribution in [-0.4, -0.2) is 22.5 Å². The average molecular weight is 285 g/mol. The molecule has 0 atom stereocenters. The minimum Gasteiger partial charge on any atom is -0.465 e. The molecule has 0 heterocycles. The van der Waals surface area contributed by atoms with E-state index in [0.717, 1.165) is 16.3 Å². The van der Waals surface area contributed by atoms with Crippen molar-refractivity contribution in [2.24, 2.45) is 0 Å². The molecule has 0 saturated heterocycles. The molecule has 0 aliphatic rings. The summed E-state index contributed by atoms with van der Waals surface area (Å²) in [7, 11) is 3.33. The number of amides is 1. The van der Waals surface area contributed by atoms with Crippen molar-refractivity contribution in [2.45, 2.75) is 38.1 Å². The topological polar surface area (TPSA) is 40.5 Å². The number of hydrogen-bond acceptors (Lipinski definition) is 3. The van der Waals surface area contributed by atoms with Crippen LogP contribution in [0.1, 0.15) is 27.7 Å². The van der Waals surface area contributed by atoms with Crippen molar-refractivity contribution >= 4 is 33.4 Å². The molecular weight excluding hydrogens is 266 g/mol. The smallest absolute Gasteiger partial charge is 0.412 e. The van der Waals surface area contributed by atoms with Crippen LogP contribution in [0.15, 0.2) is 29.2 Å². The van der Waals surface area contributed by atoms with Crippen LogP contribution in [0.2, 0.25) is 0 Å². The molecule has 100 valence electrons. The lowest BCUT2D eigenvalue weighted by Gasteiger charge is -2.34. The predicted molar refractivity (Wildman–Crippen MR) is 80.7 cm³/mol. The molecule has 0 bridgehead atoms. The molecule has 18 heavy (non-hydrogen) atoms. The summed E-state index contributed by atoms with van der Waals surface area (Å²) < 4.78 is 0. The molecule has 0 spiro atoms. The summed E-state index contributed by atoms with van der Waals surface area (Å²) in [6.45, 7) is 7.78. The monoisotopic (exact) mass is 285 g/mol. The highest BCUT2D eigenvalue weighted by molar-refractivity contribution is 8.76. The fourth-order valence-corrected chi connectivity index (χ4v) is 3.37. The number of anilines is 1. The van der Waals surface area contributed by atoms with Crippen LogP contribution in [0.4, 0.5) is 10.5 Å². The number of hydrogen-bond donors (Lipinski definition) is 1. The number of rotatable bonds is 4. The zero-order valence-corrected chi connectivity index (χ0v) is 12.8. The molecule has 1 rings (SSSR count). The summed E-state index contributed by atoms with van der Waals surface area (Å²) >= 11 is 0. The van der Waals surface area contributed by atoms with Crippen LogP contribution in [0.5, 0.6) is 0 Å². The van der Waals surface area contributed by atoms with Crippen LogP contribution in [0.25, 0.3) is 0 Å². The van der Waals surface area contributed by atoms with E-state index in [1.807, 2.05) is 45.0 Å². The second-order valence-electron chi connectivity index (χ2n) is 4.75. The van der Waals surface area contributed by atoms with Gasteiger partial charge in [-0.1, -0.05) is 40.6 Å². The molecule has 0 aliphatic heterocycles. The Bertz CT molecular complexity index is 416. The third kappa shape index (κ3) is 3.85. The summed E-state index contributed by atoms with van der Waals surface area (Å²) in [5.74, 6) is 0.988. The van der Waals surface area contributed by atoms with E-state index in [2.05, 4.69) is 6.92 Å². The molecule has 0 aliphatic carbocycles. The maximum absolute atomic E-state index is 11.5. The molecule has 1 aromatic carbocycles. The minimum atomic E-state index is -0.919. The third-order valence-electron chi connectivity index (χ3n) is 2.23. The highest BCUT2D eigenvalue weighted by Gasteiger charge is 2.29. The molecule has 3 nitrogen and oxygen atoms in total. The van der Waals surface area contributed by atoms with Gasteiger partial charge in [-0.05, 0) is 32.9 Å². The van der Waals surface area contributed by atoms with E-state index >= 15 is 0 Å². The van der Waals surface area contributed by atoms with E-state index in [1.165, 1.54) is 4.90 Å². The van der Waals surface area contributed by atoms with Gasteiger partial charge in [-0.15, -0.1) is 0 Å². The quantitative estimate of drug-likeness (QED) is 0.812. The van der Waals surface area contributed by atoms with E-state index in [9.17, 15) is 9.90 Å². The van der Waals surface area contributed by atoms with Crippen LogP contribution in [0, 0.1) is 0 Å². The van der Waals surface area contributed by atoms with E-state index in [-0.39, 0.29) is 0 Å². The van der Waals surface area contributed by atoms with Gasteiger partial charge in [0, 0.05) is 16.2 Å². The molecule has 1 N–H and O–H groups in total. The number of carboxylic acid groups (broad SMARTS) is 1. The Morgan fingerprint density at radius 1 is 1.33 bits per heavy atom. The van der Waals surface area contributed by atoms with Crippen molar-refractivity contribution in [3.05, 3.63) is 24.3 Å². The van der Waals surface area contributed by atoms with Gasteiger partial charge in [-0.3, -0.25) is 4.90 Å². The summed E-state index contributed by atoms with van der Waals surface area (Å²) in [6, 6.07) is 7.63. The Balaban J connectivity index is 3.16. The largest absolute Gasteiger partial charge is 0.465 e. The first-order valence-electron chi connectivity index (χ1n) is 5.79. The molecule has 0 unspecified atom stereocenters. The van der Waals surface area contributed by atoms with Gasteiger partial charge in [0.05, 0.1) is 5.69 Å². The molecular formula is C13H19NO2S2. The highest BCUT2D eigenvalue weighted by atomic mass is 33.1. The van der Waals surface area contributed by atoms with Crippen LogP contribution in [-0.2, 0) is 0 Å². The minimum absolute atomic E-state index is 0.459. The molecule has 1 amide bonds. The Morgan fingerprint density at radius 2 is 1.94 bits per heavy atom. The van der Waals surface area contributed by atoms with E-state index < -0.39 is 11.6 Å². The first-order chi connectivity index (χ1) is 8.38. The average Bonchev–Trinajstić information content (AvgIpc) is 2.25. The molecule has 1 aromatic rings. The van der Waals surface area contributed by atoms with Gasteiger partial charge in [0.15, 0.2) is 0 Å². The van der Waals surface area contributed by atoms with Gasteiger partial charge in [-0.2, -0.15) is 0 Å². The normalized spacial score (nSPS) is 11.3. The zero-order chi connectivity index (χ0) is 13.8. The van der Waals surface area contributed by atoms with Gasteiger partial charge in [-0.25, -0.2) is 4.79 Å². The molecule has 0 saturated carbocycles. The van der Waals surface area contributed by atoms with Gasteiger partial charge in [0.2, 0.25) is 0 Å². The van der Waals surface area contributed by atoms with Crippen molar-refractivity contribution in [2.75, 3.05) is 10.7 Å². The van der Waals surface area contributed by atoms with E-state index in [4.69, 9.17) is 0 Å². The predicted octanol–water partition coefficient (Wildman–Crippen LogP) is 4.73. The van der Waals surface area contributed by atoms with Crippen molar-refractivity contribution in [1.82, 2.24) is 0 Å². The van der Waals surface area contributed by atoms with Gasteiger partial charge >= 0.3 is 6.09 Å². The van der Waals surface area contributed by atoms with E-state index in [1.54, 1.807) is 21.6 Å². The standard InChI is InChI=1S/C13H19NO2S2/c1-5-17-18-11-9-7-6-8-10(11)14(12(15)16)13(2,3)4/h6-9H,5H2,1-4H3,(H,15,16). The lowest BCUT2D eigenvalue weighted by molar-refractivity contribution is 0.195. The van der Waals surface area contributed by atoms with E-state index in [0.29, 0.717) is 0 Å². The number of nitrogens with zero attached hydrogens (tertiary/aromatic N) is 1. The Morgan fingerprint density at radius 3 is 2.44 bits per heavy atom. The van der Waals surface area contributed by atoms with Crippen molar-refractivity contribution in [1.29, 1.82) is 0 Å². The fraction of sp³-hybridized carbons (Fsp3) is 0.462. The van der Waals surface area contributed by atoms with Crippen molar-refractivity contribution < 1.29 is 9.90 Å². The molecule has 0 aromatic heterocycles. The van der Waals surface area contributed by atoms with Crippen LogP contribution < -0.4 is 4.90 Å². The lowest BCUT2D eigenvalue weighted by Crippen LogP contribution is -2.45. The third-order valence-corrected chi connectivity index (χ3v) is 4.71. The fourth-order valence-electron chi connectivity index (χ4n) is 1.59. The molecule has 5 heteroatoms. The molecule has 0 radical (unpaired) electrons. The summed E-state index contributed by atoms with van der Waals surface area (Å²) in [4.78, 5) is 13.9. The Hall–Kier alpha value is -0.810. The van der Waals surface area contributed by atoms with Gasteiger partial charge in [0.1, 0.15) is 0 Å². The van der Waals surface area contributed by atoms with Gasteiger partial charge < -0.3 is 5.11 Å². The summed E-state index contributed by atoms with van der Waals surface area (Å²) in [5, 5.41) is 9.42. The number of benzene rings is 1. The summed E-state index contributed by atoms with van der Waals surface area (Å²) in [5.41, 5.74) is 0.294. The number of para-hydroxylation sites is 1.